The molecular weight excluding hydrogens is 228 g/mol. The minimum absolute atomic E-state index is 0.0605. The zero-order chi connectivity index (χ0) is 10.7. The first-order valence-electron chi connectivity index (χ1n) is 3.94. The van der Waals surface area contributed by atoms with Crippen LogP contribution in [0.4, 0.5) is 4.39 Å². The molecule has 5 heteroatoms. The van der Waals surface area contributed by atoms with Gasteiger partial charge < -0.3 is 5.73 Å². The van der Waals surface area contributed by atoms with Crippen molar-refractivity contribution < 1.29 is 9.18 Å². The summed E-state index contributed by atoms with van der Waals surface area (Å²) in [7, 11) is 0. The summed E-state index contributed by atoms with van der Waals surface area (Å²) in [5.74, 6) is -0.875. The third-order valence-electron chi connectivity index (χ3n) is 1.68. The normalized spacial score (nSPS) is 10.3. The number of halogens is 3. The van der Waals surface area contributed by atoms with E-state index in [1.807, 2.05) is 0 Å². The molecule has 0 saturated heterocycles. The van der Waals surface area contributed by atoms with Crippen LogP contribution in [0, 0.1) is 5.82 Å². The summed E-state index contributed by atoms with van der Waals surface area (Å²) in [6.07, 6.45) is 0.168. The topological polar surface area (TPSA) is 43.1 Å². The highest BCUT2D eigenvalue weighted by molar-refractivity contribution is 6.36. The molecule has 2 nitrogen and oxygen atoms in total. The highest BCUT2D eigenvalue weighted by Crippen LogP contribution is 2.24. The average molecular weight is 236 g/mol. The van der Waals surface area contributed by atoms with Crippen molar-refractivity contribution in [1.82, 2.24) is 0 Å². The third-order valence-corrected chi connectivity index (χ3v) is 2.28. The predicted molar refractivity (Wildman–Crippen MR) is 54.4 cm³/mol. The van der Waals surface area contributed by atoms with E-state index < -0.39 is 5.82 Å². The largest absolute Gasteiger partial charge is 0.330 e. The van der Waals surface area contributed by atoms with Crippen molar-refractivity contribution >= 4 is 29.0 Å². The first-order chi connectivity index (χ1) is 6.56. The van der Waals surface area contributed by atoms with Crippen molar-refractivity contribution in [3.05, 3.63) is 33.6 Å². The maximum atomic E-state index is 12.9. The lowest BCUT2D eigenvalue weighted by Gasteiger charge is -2.03. The third kappa shape index (κ3) is 2.44. The smallest absolute Gasteiger partial charge is 0.165 e. The Kier molecular flexibility index (Phi) is 3.86. The van der Waals surface area contributed by atoms with Gasteiger partial charge in [-0.3, -0.25) is 4.79 Å². The zero-order valence-corrected chi connectivity index (χ0v) is 8.70. The standard InChI is InChI=1S/C9H8Cl2FNO/c10-6-4-8(12)7(11)3-5(6)9(14)1-2-13/h3-4H,1-2,13H2. The van der Waals surface area contributed by atoms with Gasteiger partial charge in [0.1, 0.15) is 5.82 Å². The molecule has 0 amide bonds. The van der Waals surface area contributed by atoms with E-state index in [1.54, 1.807) is 0 Å². The van der Waals surface area contributed by atoms with Gasteiger partial charge in [0.05, 0.1) is 10.0 Å². The number of benzene rings is 1. The number of Topliss-reactive ketones (excluding diaryl/α,β-unsaturated/α-hetero) is 1. The van der Waals surface area contributed by atoms with E-state index in [0.29, 0.717) is 0 Å². The first-order valence-corrected chi connectivity index (χ1v) is 4.69. The molecule has 0 aliphatic carbocycles. The molecule has 0 bridgehead atoms. The molecule has 0 saturated carbocycles. The monoisotopic (exact) mass is 235 g/mol. The van der Waals surface area contributed by atoms with Gasteiger partial charge in [0.15, 0.2) is 5.78 Å². The van der Waals surface area contributed by atoms with Gasteiger partial charge in [0.2, 0.25) is 0 Å². The highest BCUT2D eigenvalue weighted by Gasteiger charge is 2.12. The van der Waals surface area contributed by atoms with Gasteiger partial charge in [0, 0.05) is 12.0 Å². The number of hydrogen-bond acceptors (Lipinski definition) is 2. The number of rotatable bonds is 3. The second-order valence-corrected chi connectivity index (χ2v) is 3.52. The van der Waals surface area contributed by atoms with Crippen molar-refractivity contribution in [3.63, 3.8) is 0 Å². The van der Waals surface area contributed by atoms with Gasteiger partial charge in [0.25, 0.3) is 0 Å². The molecule has 76 valence electrons. The molecule has 14 heavy (non-hydrogen) atoms. The summed E-state index contributed by atoms with van der Waals surface area (Å²) in [5, 5.41) is -0.0554. The fourth-order valence-corrected chi connectivity index (χ4v) is 1.42. The van der Waals surface area contributed by atoms with Crippen molar-refractivity contribution in [2.45, 2.75) is 6.42 Å². The van der Waals surface area contributed by atoms with Crippen LogP contribution in [0.5, 0.6) is 0 Å². The van der Waals surface area contributed by atoms with Crippen LogP contribution >= 0.6 is 23.2 Å². The molecule has 0 unspecified atom stereocenters. The molecule has 0 spiro atoms. The Bertz CT molecular complexity index is 368. The van der Waals surface area contributed by atoms with Crippen LogP contribution in [0.25, 0.3) is 0 Å². The second-order valence-electron chi connectivity index (χ2n) is 2.71. The van der Waals surface area contributed by atoms with Crippen molar-refractivity contribution in [2.75, 3.05) is 6.54 Å². The number of ketones is 1. The summed E-state index contributed by atoms with van der Waals surface area (Å²) in [5.41, 5.74) is 5.43. The van der Waals surface area contributed by atoms with Gasteiger partial charge in [-0.15, -0.1) is 0 Å². The molecule has 1 aromatic carbocycles. The summed E-state index contributed by atoms with van der Waals surface area (Å²) in [4.78, 5) is 11.4. The molecule has 0 radical (unpaired) electrons. The SMILES string of the molecule is NCCC(=O)c1cc(Cl)c(F)cc1Cl. The first kappa shape index (κ1) is 11.4. The number of hydrogen-bond donors (Lipinski definition) is 1. The molecule has 0 aromatic heterocycles. The van der Waals surface area contributed by atoms with E-state index in [-0.39, 0.29) is 34.4 Å². The maximum Gasteiger partial charge on any atom is 0.165 e. The van der Waals surface area contributed by atoms with E-state index in [1.165, 1.54) is 6.07 Å². The van der Waals surface area contributed by atoms with Crippen molar-refractivity contribution in [2.24, 2.45) is 5.73 Å². The van der Waals surface area contributed by atoms with Gasteiger partial charge in [-0.1, -0.05) is 23.2 Å². The second kappa shape index (κ2) is 4.73. The summed E-state index contributed by atoms with van der Waals surface area (Å²) < 4.78 is 12.9. The molecule has 0 atom stereocenters. The highest BCUT2D eigenvalue weighted by atomic mass is 35.5. The van der Waals surface area contributed by atoms with Crippen LogP contribution in [0.15, 0.2) is 12.1 Å². The zero-order valence-electron chi connectivity index (χ0n) is 7.19. The van der Waals surface area contributed by atoms with Crippen molar-refractivity contribution in [3.8, 4) is 0 Å². The summed E-state index contributed by atoms with van der Waals surface area (Å²) >= 11 is 11.2. The van der Waals surface area contributed by atoms with E-state index in [2.05, 4.69) is 0 Å². The molecule has 0 fully saturated rings. The van der Waals surface area contributed by atoms with Crippen molar-refractivity contribution in [1.29, 1.82) is 0 Å². The molecule has 0 aliphatic rings. The number of nitrogens with two attached hydrogens (primary N) is 1. The fraction of sp³-hybridized carbons (Fsp3) is 0.222. The Balaban J connectivity index is 3.09. The van der Waals surface area contributed by atoms with Crippen LogP contribution in [-0.2, 0) is 0 Å². The van der Waals surface area contributed by atoms with Gasteiger partial charge in [-0.05, 0) is 18.7 Å². The minimum Gasteiger partial charge on any atom is -0.330 e. The van der Waals surface area contributed by atoms with Gasteiger partial charge in [-0.2, -0.15) is 0 Å². The van der Waals surface area contributed by atoms with E-state index in [9.17, 15) is 9.18 Å². The summed E-state index contributed by atoms with van der Waals surface area (Å²) in [6.45, 7) is 0.226. The molecule has 0 aliphatic heterocycles. The van der Waals surface area contributed by atoms with Crippen LogP contribution in [0.1, 0.15) is 16.8 Å². The number of carbonyl (C=O) groups excluding carboxylic acids is 1. The Morgan fingerprint density at radius 3 is 2.57 bits per heavy atom. The quantitative estimate of drug-likeness (QED) is 0.647. The summed E-state index contributed by atoms with van der Waals surface area (Å²) in [6, 6.07) is 2.24. The number of carbonyl (C=O) groups is 1. The van der Waals surface area contributed by atoms with Gasteiger partial charge >= 0.3 is 0 Å². The Morgan fingerprint density at radius 1 is 1.36 bits per heavy atom. The lowest BCUT2D eigenvalue weighted by molar-refractivity contribution is 0.0985. The molecular formula is C9H8Cl2FNO. The predicted octanol–water partition coefficient (Wildman–Crippen LogP) is 2.66. The fourth-order valence-electron chi connectivity index (χ4n) is 1.00. The molecule has 1 aromatic rings. The maximum absolute atomic E-state index is 12.9. The molecule has 0 heterocycles. The molecule has 2 N–H and O–H groups in total. The molecule has 1 rings (SSSR count). The average Bonchev–Trinajstić information content (AvgIpc) is 2.11. The lowest BCUT2D eigenvalue weighted by Crippen LogP contribution is -2.08. The van der Waals surface area contributed by atoms with Crippen LogP contribution in [0.3, 0.4) is 0 Å². The van der Waals surface area contributed by atoms with Crippen LogP contribution in [0.2, 0.25) is 10.0 Å². The van der Waals surface area contributed by atoms with Crippen LogP contribution in [-0.4, -0.2) is 12.3 Å². The Labute approximate surface area is 90.8 Å². The van der Waals surface area contributed by atoms with E-state index in [4.69, 9.17) is 28.9 Å². The Hall–Kier alpha value is -0.640. The van der Waals surface area contributed by atoms with Gasteiger partial charge in [-0.25, -0.2) is 4.39 Å². The minimum atomic E-state index is -0.638. The Morgan fingerprint density at radius 2 is 2.00 bits per heavy atom. The lowest BCUT2D eigenvalue weighted by atomic mass is 10.1. The van der Waals surface area contributed by atoms with E-state index in [0.717, 1.165) is 6.07 Å². The van der Waals surface area contributed by atoms with E-state index >= 15 is 0 Å². The van der Waals surface area contributed by atoms with Crippen LogP contribution < -0.4 is 5.73 Å².